The van der Waals surface area contributed by atoms with Crippen molar-refractivity contribution in [3.05, 3.63) is 54.1 Å². The van der Waals surface area contributed by atoms with E-state index in [1.165, 1.54) is 16.9 Å². The fourth-order valence-electron chi connectivity index (χ4n) is 1.60. The highest BCUT2D eigenvalue weighted by molar-refractivity contribution is 5.48. The molecule has 0 saturated carbocycles. The smallest absolute Gasteiger partial charge is 0.134 e. The summed E-state index contributed by atoms with van der Waals surface area (Å²) in [5.41, 5.74) is 4.90. The largest absolute Gasteiger partial charge is 0.388 e. The van der Waals surface area contributed by atoms with Gasteiger partial charge in [0.1, 0.15) is 11.4 Å². The molecule has 0 aliphatic carbocycles. The van der Waals surface area contributed by atoms with Crippen molar-refractivity contribution in [2.24, 2.45) is 0 Å². The van der Waals surface area contributed by atoms with E-state index in [0.717, 1.165) is 5.69 Å². The zero-order valence-electron chi connectivity index (χ0n) is 9.70. The van der Waals surface area contributed by atoms with Crippen LogP contribution in [0.15, 0.2) is 48.5 Å². The second-order valence-corrected chi connectivity index (χ2v) is 3.93. The summed E-state index contributed by atoms with van der Waals surface area (Å²) in [5, 5.41) is 5.29. The zero-order valence-corrected chi connectivity index (χ0v) is 9.70. The number of anilines is 1. The standard InChI is InChI=1S/C14H16N2/c1-11-3-5-13(6-4-11)16-14-9-7-12(15-2)8-10-14/h3-10,15-16H,1-2H3/p+1. The first kappa shape index (κ1) is 10.7. The average Bonchev–Trinajstić information content (AvgIpc) is 2.33. The molecule has 2 rings (SSSR count). The highest BCUT2D eigenvalue weighted by Gasteiger charge is 1.99. The van der Waals surface area contributed by atoms with Crippen LogP contribution in [-0.4, -0.2) is 7.05 Å². The maximum atomic E-state index is 3.11. The number of quaternary nitrogens is 1. The molecule has 0 bridgehead atoms. The molecule has 0 heterocycles. The summed E-state index contributed by atoms with van der Waals surface area (Å²) in [7, 11) is 1.93. The van der Waals surface area contributed by atoms with Gasteiger partial charge in [0.05, 0.1) is 0 Å². The SMILES string of the molecule is CNc1ccc([NH2+]c2ccc(C)cc2)cc1. The molecular formula is C14H17N2+. The molecule has 82 valence electrons. The molecule has 0 spiro atoms. The summed E-state index contributed by atoms with van der Waals surface area (Å²) in [6.07, 6.45) is 0. The van der Waals surface area contributed by atoms with Gasteiger partial charge in [-0.3, -0.25) is 5.32 Å². The van der Waals surface area contributed by atoms with Crippen molar-refractivity contribution in [1.29, 1.82) is 0 Å². The van der Waals surface area contributed by atoms with Crippen LogP contribution in [0.25, 0.3) is 0 Å². The van der Waals surface area contributed by atoms with E-state index in [0.29, 0.717) is 0 Å². The second-order valence-electron chi connectivity index (χ2n) is 3.93. The third-order valence-electron chi connectivity index (χ3n) is 2.61. The van der Waals surface area contributed by atoms with Crippen LogP contribution in [0.4, 0.5) is 17.1 Å². The summed E-state index contributed by atoms with van der Waals surface area (Å²) in [4.78, 5) is 0. The van der Waals surface area contributed by atoms with E-state index in [1.54, 1.807) is 0 Å². The molecule has 0 aliphatic rings. The molecule has 0 fully saturated rings. The van der Waals surface area contributed by atoms with Crippen LogP contribution in [0.5, 0.6) is 0 Å². The first-order chi connectivity index (χ1) is 7.78. The van der Waals surface area contributed by atoms with E-state index in [2.05, 4.69) is 66.1 Å². The molecule has 0 aromatic heterocycles. The van der Waals surface area contributed by atoms with Crippen LogP contribution in [-0.2, 0) is 0 Å². The van der Waals surface area contributed by atoms with Crippen LogP contribution in [0, 0.1) is 6.92 Å². The van der Waals surface area contributed by atoms with Gasteiger partial charge in [-0.25, -0.2) is 0 Å². The van der Waals surface area contributed by atoms with Gasteiger partial charge in [0.15, 0.2) is 0 Å². The molecule has 0 unspecified atom stereocenters. The quantitative estimate of drug-likeness (QED) is 0.754. The molecule has 2 nitrogen and oxygen atoms in total. The highest BCUT2D eigenvalue weighted by Crippen LogP contribution is 2.10. The molecule has 0 atom stereocenters. The number of hydrogen-bond donors (Lipinski definition) is 2. The Morgan fingerprint density at radius 1 is 0.812 bits per heavy atom. The average molecular weight is 213 g/mol. The molecule has 0 radical (unpaired) electrons. The Bertz CT molecular complexity index is 443. The Kier molecular flexibility index (Phi) is 3.22. The van der Waals surface area contributed by atoms with Crippen LogP contribution < -0.4 is 10.6 Å². The van der Waals surface area contributed by atoms with Crippen LogP contribution in [0.2, 0.25) is 0 Å². The van der Waals surface area contributed by atoms with Gasteiger partial charge in [-0.2, -0.15) is 0 Å². The van der Waals surface area contributed by atoms with Crippen LogP contribution in [0.3, 0.4) is 0 Å². The molecule has 0 amide bonds. The van der Waals surface area contributed by atoms with Gasteiger partial charge in [0.2, 0.25) is 0 Å². The number of nitrogens with one attached hydrogen (secondary N) is 1. The maximum absolute atomic E-state index is 3.11. The summed E-state index contributed by atoms with van der Waals surface area (Å²) in [6, 6.07) is 16.9. The Morgan fingerprint density at radius 2 is 1.31 bits per heavy atom. The first-order valence-corrected chi connectivity index (χ1v) is 5.47. The number of aryl methyl sites for hydroxylation is 1. The van der Waals surface area contributed by atoms with E-state index in [9.17, 15) is 0 Å². The van der Waals surface area contributed by atoms with E-state index in [1.807, 2.05) is 7.05 Å². The lowest BCUT2D eigenvalue weighted by Crippen LogP contribution is -2.70. The van der Waals surface area contributed by atoms with Gasteiger partial charge in [-0.15, -0.1) is 0 Å². The van der Waals surface area contributed by atoms with Crippen molar-refractivity contribution in [3.63, 3.8) is 0 Å². The predicted molar refractivity (Wildman–Crippen MR) is 68.4 cm³/mol. The molecule has 2 aromatic carbocycles. The van der Waals surface area contributed by atoms with Crippen molar-refractivity contribution < 1.29 is 5.32 Å². The van der Waals surface area contributed by atoms with Crippen molar-refractivity contribution in [1.82, 2.24) is 0 Å². The minimum atomic E-state index is 1.14. The fraction of sp³-hybridized carbons (Fsp3) is 0.143. The molecule has 2 heteroatoms. The Balaban J connectivity index is 2.11. The van der Waals surface area contributed by atoms with Gasteiger partial charge in [-0.1, -0.05) is 17.7 Å². The Labute approximate surface area is 96.3 Å². The molecule has 0 saturated heterocycles. The van der Waals surface area contributed by atoms with Crippen LogP contribution >= 0.6 is 0 Å². The zero-order chi connectivity index (χ0) is 11.4. The fourth-order valence-corrected chi connectivity index (χ4v) is 1.60. The van der Waals surface area contributed by atoms with E-state index < -0.39 is 0 Å². The van der Waals surface area contributed by atoms with Crippen molar-refractivity contribution in [2.45, 2.75) is 6.92 Å². The topological polar surface area (TPSA) is 28.6 Å². The summed E-state index contributed by atoms with van der Waals surface area (Å²) in [6.45, 7) is 2.10. The molecule has 2 aromatic rings. The Morgan fingerprint density at radius 3 is 1.81 bits per heavy atom. The summed E-state index contributed by atoms with van der Waals surface area (Å²) >= 11 is 0. The first-order valence-electron chi connectivity index (χ1n) is 5.47. The van der Waals surface area contributed by atoms with Crippen molar-refractivity contribution in [2.75, 3.05) is 12.4 Å². The van der Waals surface area contributed by atoms with Gasteiger partial charge >= 0.3 is 0 Å². The third-order valence-corrected chi connectivity index (χ3v) is 2.61. The predicted octanol–water partition coefficient (Wildman–Crippen LogP) is 2.56. The van der Waals surface area contributed by atoms with Gasteiger partial charge in [-0.05, 0) is 31.2 Å². The van der Waals surface area contributed by atoms with Crippen molar-refractivity contribution >= 4 is 17.1 Å². The maximum Gasteiger partial charge on any atom is 0.134 e. The van der Waals surface area contributed by atoms with Crippen molar-refractivity contribution in [3.8, 4) is 0 Å². The molecular weight excluding hydrogens is 196 g/mol. The molecule has 16 heavy (non-hydrogen) atoms. The van der Waals surface area contributed by atoms with Gasteiger partial charge < -0.3 is 5.32 Å². The summed E-state index contributed by atoms with van der Waals surface area (Å²) < 4.78 is 0. The normalized spacial score (nSPS) is 10.1. The Hall–Kier alpha value is -1.80. The monoisotopic (exact) mass is 213 g/mol. The van der Waals surface area contributed by atoms with Gasteiger partial charge in [0, 0.05) is 24.9 Å². The molecule has 0 aliphatic heterocycles. The number of rotatable bonds is 3. The lowest BCUT2D eigenvalue weighted by Gasteiger charge is -2.02. The van der Waals surface area contributed by atoms with E-state index in [-0.39, 0.29) is 0 Å². The summed E-state index contributed by atoms with van der Waals surface area (Å²) in [5.74, 6) is 0. The third kappa shape index (κ3) is 2.61. The minimum absolute atomic E-state index is 1.14. The van der Waals surface area contributed by atoms with E-state index >= 15 is 0 Å². The highest BCUT2D eigenvalue weighted by atomic mass is 14.9. The number of hydrogen-bond acceptors (Lipinski definition) is 1. The minimum Gasteiger partial charge on any atom is -0.388 e. The number of nitrogens with two attached hydrogens (primary N) is 1. The lowest BCUT2D eigenvalue weighted by molar-refractivity contribution is -0.478. The van der Waals surface area contributed by atoms with E-state index in [4.69, 9.17) is 0 Å². The number of benzene rings is 2. The molecule has 3 N–H and O–H groups in total. The van der Waals surface area contributed by atoms with Gasteiger partial charge in [0.25, 0.3) is 0 Å². The lowest BCUT2D eigenvalue weighted by atomic mass is 10.2. The van der Waals surface area contributed by atoms with Crippen LogP contribution in [0.1, 0.15) is 5.56 Å². The second kappa shape index (κ2) is 4.81.